The minimum Gasteiger partial charge on any atom is -0.462 e. The van der Waals surface area contributed by atoms with E-state index >= 15 is 0 Å². The number of esters is 2. The SMILES string of the molecule is CC/C=C\C/C=C\C/C=C\C/C=C\CCCCC(=O)OCC(COCCC/C=C\C/C=C\C/C=C\C/C=C\CC)OC(=O)CCCC/C=C\C/C=C\C/C=C\C/C=C\CC. The Kier molecular flexibility index (Phi) is 45.7. The number of allylic oxidation sites excluding steroid dienone is 24. The van der Waals surface area contributed by atoms with Crippen LogP contribution in [0.15, 0.2) is 146 Å². The van der Waals surface area contributed by atoms with Crippen molar-refractivity contribution < 1.29 is 23.8 Å². The summed E-state index contributed by atoms with van der Waals surface area (Å²) in [5.74, 6) is -0.541. The molecule has 0 aromatic heterocycles. The van der Waals surface area contributed by atoms with Gasteiger partial charge in [-0.05, 0) is 128 Å². The summed E-state index contributed by atoms with van der Waals surface area (Å²) in [6, 6.07) is 0. The van der Waals surface area contributed by atoms with E-state index in [9.17, 15) is 9.59 Å². The maximum atomic E-state index is 12.7. The molecule has 0 N–H and O–H groups in total. The van der Waals surface area contributed by atoms with E-state index in [1.807, 2.05) is 0 Å². The third kappa shape index (κ3) is 46.5. The second-order valence-corrected chi connectivity index (χ2v) is 14.5. The number of carbonyl (C=O) groups is 2. The van der Waals surface area contributed by atoms with Gasteiger partial charge >= 0.3 is 11.9 Å². The van der Waals surface area contributed by atoms with Gasteiger partial charge in [0.15, 0.2) is 6.10 Å². The molecule has 1 unspecified atom stereocenters. The number of ether oxygens (including phenoxy) is 3. The van der Waals surface area contributed by atoms with Gasteiger partial charge in [0.05, 0.1) is 6.61 Å². The van der Waals surface area contributed by atoms with Gasteiger partial charge in [0.1, 0.15) is 6.61 Å². The molecule has 0 aliphatic carbocycles. The van der Waals surface area contributed by atoms with Crippen LogP contribution in [0, 0.1) is 0 Å². The van der Waals surface area contributed by atoms with Gasteiger partial charge in [-0.2, -0.15) is 0 Å². The summed E-state index contributed by atoms with van der Waals surface area (Å²) in [5.41, 5.74) is 0. The molecule has 0 aliphatic rings. The fraction of sp³-hybridized carbons (Fsp3) is 0.527. The quantitative estimate of drug-likeness (QED) is 0.0350. The Morgan fingerprint density at radius 1 is 0.367 bits per heavy atom. The van der Waals surface area contributed by atoms with Crippen LogP contribution in [0.2, 0.25) is 0 Å². The second kappa shape index (κ2) is 49.1. The highest BCUT2D eigenvalue weighted by Gasteiger charge is 2.17. The average molecular weight is 825 g/mol. The lowest BCUT2D eigenvalue weighted by molar-refractivity contribution is -0.163. The Morgan fingerprint density at radius 2 is 0.683 bits per heavy atom. The molecule has 1 atom stereocenters. The number of rotatable bonds is 40. The van der Waals surface area contributed by atoms with E-state index in [1.165, 1.54) is 0 Å². The molecule has 0 heterocycles. The van der Waals surface area contributed by atoms with Crippen LogP contribution in [-0.2, 0) is 23.8 Å². The van der Waals surface area contributed by atoms with E-state index in [-0.39, 0.29) is 25.2 Å². The lowest BCUT2D eigenvalue weighted by atomic mass is 10.1. The molecule has 0 bridgehead atoms. The smallest absolute Gasteiger partial charge is 0.306 e. The number of unbranched alkanes of at least 4 members (excludes halogenated alkanes) is 5. The van der Waals surface area contributed by atoms with Crippen molar-refractivity contribution in [1.29, 1.82) is 0 Å². The van der Waals surface area contributed by atoms with Crippen LogP contribution in [0.25, 0.3) is 0 Å². The van der Waals surface area contributed by atoms with Crippen LogP contribution < -0.4 is 0 Å². The van der Waals surface area contributed by atoms with Crippen molar-refractivity contribution in [3.8, 4) is 0 Å². The molecule has 60 heavy (non-hydrogen) atoms. The minimum atomic E-state index is -0.613. The van der Waals surface area contributed by atoms with Gasteiger partial charge in [-0.1, -0.05) is 167 Å². The molecule has 0 rings (SSSR count). The predicted molar refractivity (Wildman–Crippen MR) is 260 cm³/mol. The molecule has 0 fully saturated rings. The highest BCUT2D eigenvalue weighted by molar-refractivity contribution is 5.70. The number of carbonyl (C=O) groups excluding carboxylic acids is 2. The van der Waals surface area contributed by atoms with E-state index in [0.29, 0.717) is 19.4 Å². The van der Waals surface area contributed by atoms with E-state index in [4.69, 9.17) is 14.2 Å². The van der Waals surface area contributed by atoms with E-state index < -0.39 is 6.10 Å². The molecule has 5 nitrogen and oxygen atoms in total. The van der Waals surface area contributed by atoms with E-state index in [0.717, 1.165) is 128 Å². The fourth-order valence-corrected chi connectivity index (χ4v) is 5.49. The Hall–Kier alpha value is -4.22. The van der Waals surface area contributed by atoms with Crippen LogP contribution in [-0.4, -0.2) is 37.9 Å². The van der Waals surface area contributed by atoms with E-state index in [2.05, 4.69) is 167 Å². The minimum absolute atomic E-state index is 0.0141. The fourth-order valence-electron chi connectivity index (χ4n) is 5.49. The topological polar surface area (TPSA) is 61.8 Å². The summed E-state index contributed by atoms with van der Waals surface area (Å²) in [7, 11) is 0. The number of hydrogen-bond donors (Lipinski definition) is 0. The second-order valence-electron chi connectivity index (χ2n) is 14.5. The molecule has 0 aromatic carbocycles. The van der Waals surface area contributed by atoms with Gasteiger partial charge in [-0.3, -0.25) is 9.59 Å². The maximum Gasteiger partial charge on any atom is 0.306 e. The van der Waals surface area contributed by atoms with Crippen molar-refractivity contribution in [2.75, 3.05) is 19.8 Å². The Morgan fingerprint density at radius 3 is 1.05 bits per heavy atom. The third-order valence-electron chi connectivity index (χ3n) is 8.85. The molecular weight excluding hydrogens is 741 g/mol. The normalized spacial score (nSPS) is 13.6. The summed E-state index contributed by atoms with van der Waals surface area (Å²) >= 11 is 0. The first-order chi connectivity index (χ1) is 29.6. The van der Waals surface area contributed by atoms with Crippen molar-refractivity contribution in [3.63, 3.8) is 0 Å². The van der Waals surface area contributed by atoms with Gasteiger partial charge in [0.2, 0.25) is 0 Å². The third-order valence-corrected chi connectivity index (χ3v) is 8.85. The Balaban J connectivity index is 4.54. The van der Waals surface area contributed by atoms with Crippen LogP contribution in [0.5, 0.6) is 0 Å². The van der Waals surface area contributed by atoms with Gasteiger partial charge in [0, 0.05) is 19.4 Å². The maximum absolute atomic E-state index is 12.7. The van der Waals surface area contributed by atoms with Gasteiger partial charge in [-0.25, -0.2) is 0 Å². The first-order valence-corrected chi connectivity index (χ1v) is 23.4. The molecular formula is C55H84O5. The van der Waals surface area contributed by atoms with Gasteiger partial charge in [0.25, 0.3) is 0 Å². The Labute approximate surface area is 368 Å². The zero-order valence-electron chi connectivity index (χ0n) is 38.2. The van der Waals surface area contributed by atoms with Crippen molar-refractivity contribution in [3.05, 3.63) is 146 Å². The summed E-state index contributed by atoms with van der Waals surface area (Å²) < 4.78 is 17.2. The molecule has 5 heteroatoms. The van der Waals surface area contributed by atoms with Gasteiger partial charge in [-0.15, -0.1) is 0 Å². The molecule has 0 aliphatic heterocycles. The molecule has 0 amide bonds. The summed E-state index contributed by atoms with van der Waals surface area (Å²) in [5, 5.41) is 0. The van der Waals surface area contributed by atoms with E-state index in [1.54, 1.807) is 0 Å². The lowest BCUT2D eigenvalue weighted by Crippen LogP contribution is -2.30. The number of hydrogen-bond acceptors (Lipinski definition) is 5. The molecule has 0 spiro atoms. The first kappa shape index (κ1) is 55.8. The van der Waals surface area contributed by atoms with Crippen molar-refractivity contribution in [1.82, 2.24) is 0 Å². The zero-order valence-corrected chi connectivity index (χ0v) is 38.2. The van der Waals surface area contributed by atoms with Gasteiger partial charge < -0.3 is 14.2 Å². The highest BCUT2D eigenvalue weighted by atomic mass is 16.6. The van der Waals surface area contributed by atoms with Crippen LogP contribution >= 0.6 is 0 Å². The Bertz CT molecular complexity index is 1350. The summed E-state index contributed by atoms with van der Waals surface area (Å²) in [6.07, 6.45) is 71.5. The lowest BCUT2D eigenvalue weighted by Gasteiger charge is -2.18. The van der Waals surface area contributed by atoms with Crippen LogP contribution in [0.3, 0.4) is 0 Å². The summed E-state index contributed by atoms with van der Waals surface area (Å²) in [4.78, 5) is 25.3. The largest absolute Gasteiger partial charge is 0.462 e. The monoisotopic (exact) mass is 825 g/mol. The van der Waals surface area contributed by atoms with Crippen molar-refractivity contribution >= 4 is 11.9 Å². The van der Waals surface area contributed by atoms with Crippen molar-refractivity contribution in [2.24, 2.45) is 0 Å². The summed E-state index contributed by atoms with van der Waals surface area (Å²) in [6.45, 7) is 7.21. The molecule has 0 saturated heterocycles. The molecule has 334 valence electrons. The first-order valence-electron chi connectivity index (χ1n) is 23.4. The molecule has 0 aromatic rings. The van der Waals surface area contributed by atoms with Crippen molar-refractivity contribution in [2.45, 2.75) is 168 Å². The van der Waals surface area contributed by atoms with Crippen LogP contribution in [0.4, 0.5) is 0 Å². The van der Waals surface area contributed by atoms with Crippen LogP contribution in [0.1, 0.15) is 162 Å². The predicted octanol–water partition coefficient (Wildman–Crippen LogP) is 15.8. The zero-order chi connectivity index (χ0) is 43.5. The standard InChI is InChI=1S/C55H84O5/c1-4-7-10-13-16-19-22-25-28-30-33-36-39-42-45-48-54(56)59-52-53(51-58-50-47-44-41-38-35-32-27-24-21-18-15-12-9-6-3)60-55(57)49-46-43-40-37-34-31-29-26-23-20-17-14-11-8-5-2/h7-12,16-21,25-29,32-34,36-38,41,53H,4-6,13-15,22-24,30-31,35,39-40,42-52H2,1-3H3/b10-7-,11-8-,12-9-,19-16-,20-17-,21-18-,28-25-,29-26-,32-27-,36-33-,37-34-,41-38-. The highest BCUT2D eigenvalue weighted by Crippen LogP contribution is 2.09. The molecule has 0 radical (unpaired) electrons. The molecule has 0 saturated carbocycles. The average Bonchev–Trinajstić information content (AvgIpc) is 3.25.